The number of rotatable bonds is 2. The molecule has 0 saturated heterocycles. The fourth-order valence-corrected chi connectivity index (χ4v) is 2.78. The average Bonchev–Trinajstić information content (AvgIpc) is 2.81. The maximum absolute atomic E-state index is 10.8. The number of fused-ring (bicyclic) bond motifs is 3. The van der Waals surface area contributed by atoms with Gasteiger partial charge in [-0.1, -0.05) is 6.07 Å². The zero-order chi connectivity index (χ0) is 12.7. The second-order valence-electron chi connectivity index (χ2n) is 4.42. The zero-order valence-electron chi connectivity index (χ0n) is 9.52. The Morgan fingerprint density at radius 3 is 2.94 bits per heavy atom. The van der Waals surface area contributed by atoms with E-state index in [0.29, 0.717) is 5.88 Å². The molecule has 0 amide bonds. The summed E-state index contributed by atoms with van der Waals surface area (Å²) in [6.07, 6.45) is 0. The van der Waals surface area contributed by atoms with Gasteiger partial charge in [-0.15, -0.1) is 11.6 Å². The molecule has 2 aromatic carbocycles. The highest BCUT2D eigenvalue weighted by molar-refractivity contribution is 6.18. The Morgan fingerprint density at radius 2 is 2.22 bits per heavy atom. The van der Waals surface area contributed by atoms with Gasteiger partial charge < -0.3 is 5.32 Å². The third kappa shape index (κ3) is 1.61. The lowest BCUT2D eigenvalue weighted by molar-refractivity contribution is -0.384. The van der Waals surface area contributed by atoms with E-state index in [1.165, 1.54) is 5.56 Å². The number of nitro groups is 1. The molecule has 0 aliphatic carbocycles. The molecule has 4 nitrogen and oxygen atoms in total. The highest BCUT2D eigenvalue weighted by Gasteiger charge is 2.24. The van der Waals surface area contributed by atoms with E-state index in [2.05, 4.69) is 5.32 Å². The van der Waals surface area contributed by atoms with E-state index in [4.69, 9.17) is 11.6 Å². The van der Waals surface area contributed by atoms with E-state index in [9.17, 15) is 10.1 Å². The minimum Gasteiger partial charge on any atom is -0.384 e. The first-order valence-electron chi connectivity index (χ1n) is 5.71. The van der Waals surface area contributed by atoms with Crippen LogP contribution >= 0.6 is 11.6 Å². The number of benzene rings is 2. The summed E-state index contributed by atoms with van der Waals surface area (Å²) in [5.74, 6) is 0.822. The molecule has 0 radical (unpaired) electrons. The maximum atomic E-state index is 10.8. The van der Waals surface area contributed by atoms with Crippen molar-refractivity contribution in [2.75, 3.05) is 17.7 Å². The molecule has 0 bridgehead atoms. The van der Waals surface area contributed by atoms with Crippen molar-refractivity contribution in [1.82, 2.24) is 0 Å². The van der Waals surface area contributed by atoms with Gasteiger partial charge >= 0.3 is 0 Å². The molecule has 18 heavy (non-hydrogen) atoms. The highest BCUT2D eigenvalue weighted by atomic mass is 35.5. The van der Waals surface area contributed by atoms with Crippen molar-refractivity contribution in [1.29, 1.82) is 0 Å². The predicted octanol–water partition coefficient (Wildman–Crippen LogP) is 3.50. The first-order chi connectivity index (χ1) is 8.70. The van der Waals surface area contributed by atoms with Crippen molar-refractivity contribution in [3.05, 3.63) is 46.0 Å². The summed E-state index contributed by atoms with van der Waals surface area (Å²) in [6, 6.07) is 8.85. The van der Waals surface area contributed by atoms with E-state index in [1.807, 2.05) is 18.2 Å². The van der Waals surface area contributed by atoms with E-state index in [0.717, 1.165) is 23.0 Å². The second-order valence-corrected chi connectivity index (χ2v) is 4.73. The molecule has 3 rings (SSSR count). The Balaban J connectivity index is 2.24. The van der Waals surface area contributed by atoms with E-state index >= 15 is 0 Å². The summed E-state index contributed by atoms with van der Waals surface area (Å²) >= 11 is 5.97. The number of halogens is 1. The predicted molar refractivity (Wildman–Crippen MR) is 72.6 cm³/mol. The van der Waals surface area contributed by atoms with Crippen LogP contribution < -0.4 is 5.32 Å². The van der Waals surface area contributed by atoms with Crippen molar-refractivity contribution >= 4 is 33.7 Å². The van der Waals surface area contributed by atoms with Crippen molar-refractivity contribution in [2.45, 2.75) is 5.92 Å². The summed E-state index contributed by atoms with van der Waals surface area (Å²) in [6.45, 7) is 0.828. The highest BCUT2D eigenvalue weighted by Crippen LogP contribution is 2.38. The van der Waals surface area contributed by atoms with Gasteiger partial charge in [0.05, 0.1) is 4.92 Å². The molecule has 2 aromatic rings. The van der Waals surface area contributed by atoms with E-state index < -0.39 is 0 Å². The van der Waals surface area contributed by atoms with Gasteiger partial charge in [0, 0.05) is 36.2 Å². The van der Waals surface area contributed by atoms with Gasteiger partial charge in [-0.2, -0.15) is 0 Å². The number of nitro benzene ring substituents is 1. The molecule has 0 saturated carbocycles. The molecule has 0 aromatic heterocycles. The zero-order valence-corrected chi connectivity index (χ0v) is 10.3. The molecule has 92 valence electrons. The summed E-state index contributed by atoms with van der Waals surface area (Å²) in [5, 5.41) is 16.0. The monoisotopic (exact) mass is 262 g/mol. The van der Waals surface area contributed by atoms with Crippen molar-refractivity contribution < 1.29 is 4.92 Å². The Bertz CT molecular complexity index is 642. The minimum atomic E-state index is -0.371. The molecule has 1 N–H and O–H groups in total. The number of hydrogen-bond donors (Lipinski definition) is 1. The molecular weight excluding hydrogens is 252 g/mol. The number of alkyl halides is 1. The number of nitrogens with one attached hydrogen (secondary N) is 1. The lowest BCUT2D eigenvalue weighted by atomic mass is 9.96. The fraction of sp³-hybridized carbons (Fsp3) is 0.231. The summed E-state index contributed by atoms with van der Waals surface area (Å²) in [5.41, 5.74) is 2.38. The summed E-state index contributed by atoms with van der Waals surface area (Å²) in [4.78, 5) is 10.4. The number of non-ortho nitro benzene ring substituents is 1. The van der Waals surface area contributed by atoms with Crippen LogP contribution in [-0.2, 0) is 0 Å². The van der Waals surface area contributed by atoms with Crippen LogP contribution in [0.2, 0.25) is 0 Å². The van der Waals surface area contributed by atoms with Crippen LogP contribution in [0.5, 0.6) is 0 Å². The van der Waals surface area contributed by atoms with Crippen molar-refractivity contribution in [3.63, 3.8) is 0 Å². The van der Waals surface area contributed by atoms with Crippen LogP contribution in [0.25, 0.3) is 10.8 Å². The van der Waals surface area contributed by atoms with Gasteiger partial charge in [0.1, 0.15) is 0 Å². The Kier molecular flexibility index (Phi) is 2.59. The maximum Gasteiger partial charge on any atom is 0.270 e. The van der Waals surface area contributed by atoms with Crippen LogP contribution in [0.4, 0.5) is 11.4 Å². The third-order valence-corrected chi connectivity index (χ3v) is 3.76. The standard InChI is InChI=1S/C13H11ClN2O2/c14-6-9-7-15-12-4-1-8-5-10(16(17)18)2-3-11(8)13(9)12/h1-5,9,15H,6-7H2. The van der Waals surface area contributed by atoms with Crippen molar-refractivity contribution in [3.8, 4) is 0 Å². The van der Waals surface area contributed by atoms with Gasteiger partial charge in [-0.25, -0.2) is 0 Å². The van der Waals surface area contributed by atoms with E-state index in [-0.39, 0.29) is 16.5 Å². The van der Waals surface area contributed by atoms with E-state index in [1.54, 1.807) is 12.1 Å². The topological polar surface area (TPSA) is 55.2 Å². The first kappa shape index (κ1) is 11.3. The normalized spacial score (nSPS) is 17.5. The molecule has 1 aliphatic rings. The SMILES string of the molecule is O=[N+]([O-])c1ccc2c3c(ccc2c1)NCC3CCl. The van der Waals surface area contributed by atoms with Crippen molar-refractivity contribution in [2.24, 2.45) is 0 Å². The molecule has 1 atom stereocenters. The van der Waals surface area contributed by atoms with Crippen LogP contribution in [0, 0.1) is 10.1 Å². The summed E-state index contributed by atoms with van der Waals surface area (Å²) in [7, 11) is 0. The van der Waals surface area contributed by atoms with Gasteiger partial charge in [0.2, 0.25) is 0 Å². The largest absolute Gasteiger partial charge is 0.384 e. The van der Waals surface area contributed by atoms with Gasteiger partial charge in [-0.05, 0) is 28.5 Å². The molecule has 0 fully saturated rings. The molecular formula is C13H11ClN2O2. The molecule has 1 heterocycles. The number of hydrogen-bond acceptors (Lipinski definition) is 3. The Morgan fingerprint density at radius 1 is 1.39 bits per heavy atom. The first-order valence-corrected chi connectivity index (χ1v) is 6.25. The minimum absolute atomic E-state index is 0.121. The fourth-order valence-electron chi connectivity index (χ4n) is 2.52. The van der Waals surface area contributed by atoms with Crippen LogP contribution in [0.1, 0.15) is 11.5 Å². The number of nitrogens with zero attached hydrogens (tertiary/aromatic N) is 1. The summed E-state index contributed by atoms with van der Waals surface area (Å²) < 4.78 is 0. The number of anilines is 1. The Labute approximate surface area is 109 Å². The molecule has 1 aliphatic heterocycles. The smallest absolute Gasteiger partial charge is 0.270 e. The van der Waals surface area contributed by atoms with Gasteiger partial charge in [0.25, 0.3) is 5.69 Å². The molecule has 5 heteroatoms. The van der Waals surface area contributed by atoms with Crippen LogP contribution in [0.15, 0.2) is 30.3 Å². The Hall–Kier alpha value is -1.81. The van der Waals surface area contributed by atoms with Crippen LogP contribution in [-0.4, -0.2) is 17.3 Å². The lowest BCUT2D eigenvalue weighted by Gasteiger charge is -2.09. The average molecular weight is 263 g/mol. The lowest BCUT2D eigenvalue weighted by Crippen LogP contribution is -2.02. The van der Waals surface area contributed by atoms with Crippen LogP contribution in [0.3, 0.4) is 0 Å². The van der Waals surface area contributed by atoms with Gasteiger partial charge in [0.15, 0.2) is 0 Å². The second kappa shape index (κ2) is 4.14. The molecule has 0 spiro atoms. The quantitative estimate of drug-likeness (QED) is 0.512. The third-order valence-electron chi connectivity index (χ3n) is 3.39. The van der Waals surface area contributed by atoms with Gasteiger partial charge in [-0.3, -0.25) is 10.1 Å². The molecule has 1 unspecified atom stereocenters.